The molecule has 4 bridgehead atoms. The molecule has 23 heavy (non-hydrogen) atoms. The van der Waals surface area contributed by atoms with Crippen LogP contribution in [0.25, 0.3) is 10.9 Å². The van der Waals surface area contributed by atoms with Crippen molar-refractivity contribution in [3.05, 3.63) is 42.6 Å². The third-order valence-electron chi connectivity index (χ3n) is 6.73. The lowest BCUT2D eigenvalue weighted by Crippen LogP contribution is -2.53. The predicted octanol–water partition coefficient (Wildman–Crippen LogP) is 3.91. The van der Waals surface area contributed by atoms with Gasteiger partial charge < -0.3 is 0 Å². The summed E-state index contributed by atoms with van der Waals surface area (Å²) in [4.78, 5) is 13.3. The minimum atomic E-state index is 0.0126. The molecule has 0 spiro atoms. The van der Waals surface area contributed by atoms with Crippen molar-refractivity contribution in [3.8, 4) is 0 Å². The molecule has 1 aromatic heterocycles. The minimum absolute atomic E-state index is 0.0126. The van der Waals surface area contributed by atoms with E-state index in [0.717, 1.165) is 17.8 Å². The largest absolute Gasteiger partial charge is 0.292 e. The van der Waals surface area contributed by atoms with Gasteiger partial charge in [-0.25, -0.2) is 0 Å². The summed E-state index contributed by atoms with van der Waals surface area (Å²) in [6.07, 6.45) is 9.77. The van der Waals surface area contributed by atoms with Crippen molar-refractivity contribution in [1.82, 2.24) is 0 Å². The molecule has 4 fully saturated rings. The highest BCUT2D eigenvalue weighted by Gasteiger charge is 2.55. The van der Waals surface area contributed by atoms with E-state index in [-0.39, 0.29) is 5.41 Å². The molecule has 118 valence electrons. The molecule has 0 atom stereocenters. The Morgan fingerprint density at radius 1 is 0.957 bits per heavy atom. The quantitative estimate of drug-likeness (QED) is 0.788. The lowest BCUT2D eigenvalue weighted by atomic mass is 9.48. The third-order valence-corrected chi connectivity index (χ3v) is 6.73. The van der Waals surface area contributed by atoms with Crippen LogP contribution in [0.4, 0.5) is 0 Å². The number of hydrogen-bond acceptors (Lipinski definition) is 1. The second-order valence-corrected chi connectivity index (χ2v) is 8.32. The van der Waals surface area contributed by atoms with Crippen molar-refractivity contribution < 1.29 is 9.36 Å². The van der Waals surface area contributed by atoms with Crippen LogP contribution in [0, 0.1) is 23.2 Å². The van der Waals surface area contributed by atoms with Gasteiger partial charge in [0.2, 0.25) is 17.8 Å². The normalized spacial score (nSPS) is 34.9. The van der Waals surface area contributed by atoms with Gasteiger partial charge in [-0.3, -0.25) is 4.79 Å². The first kappa shape index (κ1) is 13.7. The Bertz CT molecular complexity index is 738. The van der Waals surface area contributed by atoms with Gasteiger partial charge in [0, 0.05) is 22.9 Å². The summed E-state index contributed by atoms with van der Waals surface area (Å²) < 4.78 is 2.16. The topological polar surface area (TPSA) is 20.9 Å². The fraction of sp³-hybridized carbons (Fsp3) is 0.524. The highest BCUT2D eigenvalue weighted by Crippen LogP contribution is 2.60. The van der Waals surface area contributed by atoms with Gasteiger partial charge in [-0.2, -0.15) is 4.57 Å². The molecule has 0 amide bonds. The Hall–Kier alpha value is -1.70. The summed E-state index contributed by atoms with van der Waals surface area (Å²) in [5.74, 6) is 3.01. The fourth-order valence-corrected chi connectivity index (χ4v) is 6.13. The van der Waals surface area contributed by atoms with Gasteiger partial charge in [0.15, 0.2) is 6.20 Å². The third kappa shape index (κ3) is 2.14. The fourth-order valence-electron chi connectivity index (χ4n) is 6.13. The predicted molar refractivity (Wildman–Crippen MR) is 89.8 cm³/mol. The molecule has 4 aliphatic carbocycles. The highest BCUT2D eigenvalue weighted by molar-refractivity contribution is 5.84. The van der Waals surface area contributed by atoms with E-state index < -0.39 is 0 Å². The Balaban J connectivity index is 1.47. The summed E-state index contributed by atoms with van der Waals surface area (Å²) in [6, 6.07) is 12.6. The average molecular weight is 306 g/mol. The van der Waals surface area contributed by atoms with Gasteiger partial charge in [-0.1, -0.05) is 12.1 Å². The Labute approximate surface area is 137 Å². The van der Waals surface area contributed by atoms with Gasteiger partial charge in [0.25, 0.3) is 0 Å². The lowest BCUT2D eigenvalue weighted by Gasteiger charge is -2.55. The zero-order valence-corrected chi connectivity index (χ0v) is 13.6. The molecular weight excluding hydrogens is 282 g/mol. The summed E-state index contributed by atoms with van der Waals surface area (Å²) in [5.41, 5.74) is 1.19. The highest BCUT2D eigenvalue weighted by atomic mass is 16.1. The smallest absolute Gasteiger partial charge is 0.212 e. The van der Waals surface area contributed by atoms with Crippen molar-refractivity contribution in [2.24, 2.45) is 23.2 Å². The van der Waals surface area contributed by atoms with Crippen LogP contribution in [-0.4, -0.2) is 5.78 Å². The number of Topliss-reactive ketones (excluding diaryl/α,β-unsaturated/α-hetero) is 1. The number of para-hydroxylation sites is 1. The van der Waals surface area contributed by atoms with Gasteiger partial charge in [0.05, 0.1) is 0 Å². The second kappa shape index (κ2) is 4.90. The maximum absolute atomic E-state index is 13.3. The number of pyridine rings is 1. The van der Waals surface area contributed by atoms with E-state index in [0.29, 0.717) is 12.3 Å². The van der Waals surface area contributed by atoms with Crippen LogP contribution in [0.3, 0.4) is 0 Å². The molecule has 6 rings (SSSR count). The Morgan fingerprint density at radius 2 is 1.57 bits per heavy atom. The molecule has 4 aliphatic rings. The number of carbonyl (C=O) groups excluding carboxylic acids is 1. The Kier molecular flexibility index (Phi) is 2.92. The van der Waals surface area contributed by atoms with Gasteiger partial charge in [0.1, 0.15) is 0 Å². The van der Waals surface area contributed by atoms with Crippen molar-refractivity contribution in [2.45, 2.75) is 45.1 Å². The molecule has 1 heterocycles. The number of ketones is 1. The summed E-state index contributed by atoms with van der Waals surface area (Å²) in [7, 11) is 0. The van der Waals surface area contributed by atoms with Gasteiger partial charge in [-0.15, -0.1) is 0 Å². The molecule has 4 saturated carbocycles. The molecule has 0 unspecified atom stereocenters. The molecule has 0 saturated heterocycles. The molecule has 2 aromatic rings. The monoisotopic (exact) mass is 306 g/mol. The molecule has 0 radical (unpaired) electrons. The van der Waals surface area contributed by atoms with E-state index in [2.05, 4.69) is 47.2 Å². The lowest BCUT2D eigenvalue weighted by molar-refractivity contribution is -0.659. The van der Waals surface area contributed by atoms with E-state index in [1.54, 1.807) is 0 Å². The van der Waals surface area contributed by atoms with E-state index in [1.807, 2.05) is 0 Å². The van der Waals surface area contributed by atoms with E-state index in [4.69, 9.17) is 0 Å². The number of rotatable bonds is 3. The maximum Gasteiger partial charge on any atom is 0.212 e. The van der Waals surface area contributed by atoms with E-state index in [1.165, 1.54) is 49.4 Å². The first-order valence-electron chi connectivity index (χ1n) is 9.12. The van der Waals surface area contributed by atoms with Crippen molar-refractivity contribution >= 4 is 16.7 Å². The van der Waals surface area contributed by atoms with Gasteiger partial charge in [-0.05, 0) is 68.4 Å². The Morgan fingerprint density at radius 3 is 2.26 bits per heavy atom. The van der Waals surface area contributed by atoms with Crippen LogP contribution in [0.2, 0.25) is 0 Å². The molecule has 2 heteroatoms. The molecular formula is C21H24NO+. The average Bonchev–Trinajstić information content (AvgIpc) is 2.54. The van der Waals surface area contributed by atoms with Crippen molar-refractivity contribution in [2.75, 3.05) is 0 Å². The van der Waals surface area contributed by atoms with Crippen LogP contribution in [-0.2, 0) is 11.3 Å². The van der Waals surface area contributed by atoms with Crippen molar-refractivity contribution in [1.29, 1.82) is 0 Å². The van der Waals surface area contributed by atoms with E-state index in [9.17, 15) is 4.79 Å². The molecule has 2 nitrogen and oxygen atoms in total. The second-order valence-electron chi connectivity index (χ2n) is 8.32. The van der Waals surface area contributed by atoms with Crippen LogP contribution < -0.4 is 4.57 Å². The molecule has 1 aromatic carbocycles. The number of carbonyl (C=O) groups is 1. The zero-order chi connectivity index (χ0) is 15.4. The first-order chi connectivity index (χ1) is 11.2. The van der Waals surface area contributed by atoms with Crippen LogP contribution in [0.1, 0.15) is 38.5 Å². The number of nitrogens with zero attached hydrogens (tertiary/aromatic N) is 1. The summed E-state index contributed by atoms with van der Waals surface area (Å²) in [6.45, 7) is 0.549. The minimum Gasteiger partial charge on any atom is -0.292 e. The van der Waals surface area contributed by atoms with E-state index >= 15 is 0 Å². The summed E-state index contributed by atoms with van der Waals surface area (Å²) >= 11 is 0. The SMILES string of the molecule is O=C(C[n+]1cccc2ccccc21)C12CC3CC(CC(C3)C1)C2. The standard InChI is InChI=1S/C21H24NO/c23-20(14-22-7-3-5-18-4-1-2-6-19(18)22)21-11-15-8-16(12-21)10-17(9-15)13-21/h1-7,15-17H,8-14H2/q+1. The van der Waals surface area contributed by atoms with Gasteiger partial charge >= 0.3 is 0 Å². The zero-order valence-electron chi connectivity index (χ0n) is 13.6. The number of benzene rings is 1. The van der Waals surface area contributed by atoms with Crippen molar-refractivity contribution in [3.63, 3.8) is 0 Å². The molecule has 0 N–H and O–H groups in total. The number of aromatic nitrogens is 1. The van der Waals surface area contributed by atoms with Crippen LogP contribution in [0.15, 0.2) is 42.6 Å². The number of hydrogen-bond donors (Lipinski definition) is 0. The molecule has 0 aliphatic heterocycles. The maximum atomic E-state index is 13.3. The first-order valence-corrected chi connectivity index (χ1v) is 9.12. The van der Waals surface area contributed by atoms with Crippen LogP contribution >= 0.6 is 0 Å². The van der Waals surface area contributed by atoms with Crippen LogP contribution in [0.5, 0.6) is 0 Å². The number of fused-ring (bicyclic) bond motifs is 1. The summed E-state index contributed by atoms with van der Waals surface area (Å²) in [5, 5.41) is 1.22.